The van der Waals surface area contributed by atoms with Crippen molar-refractivity contribution in [2.75, 3.05) is 49.9 Å². The van der Waals surface area contributed by atoms with E-state index in [1.54, 1.807) is 11.2 Å². The molecule has 2 heterocycles. The molecule has 2 fully saturated rings. The minimum absolute atomic E-state index is 0.0795. The van der Waals surface area contributed by atoms with Crippen LogP contribution in [-0.2, 0) is 10.0 Å². The Kier molecular flexibility index (Phi) is 5.63. The summed E-state index contributed by atoms with van der Waals surface area (Å²) in [5.74, 6) is 1.01. The van der Waals surface area contributed by atoms with E-state index in [9.17, 15) is 8.42 Å². The van der Waals surface area contributed by atoms with Gasteiger partial charge in [-0.15, -0.1) is 0 Å². The lowest BCUT2D eigenvalue weighted by atomic mass is 10.1. The second-order valence-electron chi connectivity index (χ2n) is 6.35. The molecule has 0 bridgehead atoms. The number of nitrogens with one attached hydrogen (secondary N) is 1. The van der Waals surface area contributed by atoms with Gasteiger partial charge in [-0.05, 0) is 31.9 Å². The molecule has 3 rings (SSSR count). The fourth-order valence-electron chi connectivity index (χ4n) is 3.34. The van der Waals surface area contributed by atoms with Crippen LogP contribution < -0.4 is 15.0 Å². The van der Waals surface area contributed by atoms with E-state index >= 15 is 0 Å². The molecule has 0 radical (unpaired) electrons. The summed E-state index contributed by atoms with van der Waals surface area (Å²) in [4.78, 5) is 2.33. The van der Waals surface area contributed by atoms with Crippen LogP contribution in [0.2, 0.25) is 0 Å². The van der Waals surface area contributed by atoms with Gasteiger partial charge in [0.2, 0.25) is 10.0 Å². The van der Waals surface area contributed by atoms with E-state index in [4.69, 9.17) is 4.74 Å². The molecule has 1 aromatic carbocycles. The zero-order valence-electron chi connectivity index (χ0n) is 14.3. The molecule has 2 saturated heterocycles. The van der Waals surface area contributed by atoms with Gasteiger partial charge in [0.05, 0.1) is 18.0 Å². The largest absolute Gasteiger partial charge is 0.487 e. The molecule has 0 aliphatic carbocycles. The molecule has 1 atom stereocenters. The number of benzene rings is 1. The first-order valence-electron chi connectivity index (χ1n) is 8.79. The molecule has 0 saturated carbocycles. The van der Waals surface area contributed by atoms with Crippen molar-refractivity contribution >= 4 is 15.7 Å². The Morgan fingerprint density at radius 2 is 1.96 bits per heavy atom. The summed E-state index contributed by atoms with van der Waals surface area (Å²) in [5, 5.41) is 3.36. The first kappa shape index (κ1) is 17.5. The summed E-state index contributed by atoms with van der Waals surface area (Å²) in [7, 11) is -3.14. The van der Waals surface area contributed by atoms with Crippen LogP contribution in [-0.4, -0.2) is 63.8 Å². The average Bonchev–Trinajstić information content (AvgIpc) is 2.63. The van der Waals surface area contributed by atoms with Gasteiger partial charge in [0.1, 0.15) is 11.9 Å². The van der Waals surface area contributed by atoms with Gasteiger partial charge in [-0.25, -0.2) is 8.42 Å². The zero-order valence-corrected chi connectivity index (χ0v) is 15.1. The zero-order chi connectivity index (χ0) is 17.0. The van der Waals surface area contributed by atoms with E-state index in [1.165, 1.54) is 0 Å². The Balaban J connectivity index is 1.71. The number of hydrogen-bond donors (Lipinski definition) is 1. The summed E-state index contributed by atoms with van der Waals surface area (Å²) >= 11 is 0. The molecule has 7 heteroatoms. The molecule has 24 heavy (non-hydrogen) atoms. The van der Waals surface area contributed by atoms with Gasteiger partial charge in [-0.1, -0.05) is 12.1 Å². The van der Waals surface area contributed by atoms with Crippen molar-refractivity contribution in [3.05, 3.63) is 24.3 Å². The third-order valence-corrected chi connectivity index (χ3v) is 6.56. The lowest BCUT2D eigenvalue weighted by molar-refractivity contribution is 0.130. The summed E-state index contributed by atoms with van der Waals surface area (Å²) in [6.45, 7) is 6.62. The Labute approximate surface area is 144 Å². The van der Waals surface area contributed by atoms with Gasteiger partial charge in [-0.2, -0.15) is 4.31 Å². The van der Waals surface area contributed by atoms with Crippen molar-refractivity contribution < 1.29 is 13.2 Å². The number of rotatable bonds is 5. The third kappa shape index (κ3) is 4.02. The second kappa shape index (κ2) is 7.72. The van der Waals surface area contributed by atoms with Gasteiger partial charge in [0.15, 0.2) is 0 Å². The predicted octanol–water partition coefficient (Wildman–Crippen LogP) is 1.29. The van der Waals surface area contributed by atoms with Crippen LogP contribution in [0.15, 0.2) is 24.3 Å². The van der Waals surface area contributed by atoms with E-state index in [2.05, 4.69) is 16.3 Å². The summed E-state index contributed by atoms with van der Waals surface area (Å²) in [5.41, 5.74) is 1.11. The lowest BCUT2D eigenvalue weighted by Gasteiger charge is -2.34. The number of piperazine rings is 1. The van der Waals surface area contributed by atoms with Crippen LogP contribution in [0.5, 0.6) is 5.75 Å². The number of sulfonamides is 1. The van der Waals surface area contributed by atoms with E-state index in [-0.39, 0.29) is 11.9 Å². The first-order chi connectivity index (χ1) is 11.6. The van der Waals surface area contributed by atoms with Crippen molar-refractivity contribution in [1.82, 2.24) is 9.62 Å². The molecule has 1 aromatic rings. The van der Waals surface area contributed by atoms with Gasteiger partial charge < -0.3 is 15.0 Å². The molecule has 0 spiro atoms. The van der Waals surface area contributed by atoms with Crippen molar-refractivity contribution in [2.24, 2.45) is 0 Å². The summed E-state index contributed by atoms with van der Waals surface area (Å²) in [6.07, 6.45) is 1.66. The summed E-state index contributed by atoms with van der Waals surface area (Å²) < 4.78 is 32.1. The first-order valence-corrected chi connectivity index (χ1v) is 10.4. The number of nitrogens with zero attached hydrogens (tertiary/aromatic N) is 2. The van der Waals surface area contributed by atoms with Crippen LogP contribution >= 0.6 is 0 Å². The SMILES string of the molecule is CCS(=O)(=O)N1CCCC(Oc2ccccc2N2CCNCC2)C1. The van der Waals surface area contributed by atoms with E-state index in [1.807, 2.05) is 18.2 Å². The van der Waals surface area contributed by atoms with Crippen molar-refractivity contribution in [3.8, 4) is 5.75 Å². The molecule has 1 unspecified atom stereocenters. The Morgan fingerprint density at radius 1 is 1.21 bits per heavy atom. The van der Waals surface area contributed by atoms with Gasteiger partial charge in [0, 0.05) is 32.7 Å². The highest BCUT2D eigenvalue weighted by Crippen LogP contribution is 2.30. The second-order valence-corrected chi connectivity index (χ2v) is 8.60. The van der Waals surface area contributed by atoms with Crippen molar-refractivity contribution in [2.45, 2.75) is 25.9 Å². The van der Waals surface area contributed by atoms with Crippen molar-refractivity contribution in [1.29, 1.82) is 0 Å². The van der Waals surface area contributed by atoms with E-state index in [0.29, 0.717) is 13.1 Å². The van der Waals surface area contributed by atoms with Gasteiger partial charge >= 0.3 is 0 Å². The number of ether oxygens (including phenoxy) is 1. The minimum Gasteiger partial charge on any atom is -0.487 e. The molecule has 134 valence electrons. The molecular formula is C17H27N3O3S. The van der Waals surface area contributed by atoms with E-state index < -0.39 is 10.0 Å². The molecule has 2 aliphatic rings. The van der Waals surface area contributed by atoms with Crippen LogP contribution in [0.25, 0.3) is 0 Å². The highest BCUT2D eigenvalue weighted by molar-refractivity contribution is 7.89. The van der Waals surface area contributed by atoms with E-state index in [0.717, 1.165) is 50.5 Å². The third-order valence-electron chi connectivity index (χ3n) is 4.72. The fraction of sp³-hybridized carbons (Fsp3) is 0.647. The molecular weight excluding hydrogens is 326 g/mol. The van der Waals surface area contributed by atoms with Crippen LogP contribution in [0.3, 0.4) is 0 Å². The Morgan fingerprint density at radius 3 is 2.71 bits per heavy atom. The maximum atomic E-state index is 12.1. The maximum absolute atomic E-state index is 12.1. The molecule has 2 aliphatic heterocycles. The van der Waals surface area contributed by atoms with Gasteiger partial charge in [0.25, 0.3) is 0 Å². The fourth-order valence-corrected chi connectivity index (χ4v) is 4.51. The van der Waals surface area contributed by atoms with Crippen LogP contribution in [0.4, 0.5) is 5.69 Å². The predicted molar refractivity (Wildman–Crippen MR) is 96.2 cm³/mol. The smallest absolute Gasteiger partial charge is 0.213 e. The average molecular weight is 353 g/mol. The topological polar surface area (TPSA) is 61.9 Å². The molecule has 1 N–H and O–H groups in total. The van der Waals surface area contributed by atoms with Crippen LogP contribution in [0, 0.1) is 0 Å². The molecule has 6 nitrogen and oxygen atoms in total. The highest BCUT2D eigenvalue weighted by atomic mass is 32.2. The van der Waals surface area contributed by atoms with Crippen LogP contribution in [0.1, 0.15) is 19.8 Å². The monoisotopic (exact) mass is 353 g/mol. The summed E-state index contributed by atoms with van der Waals surface area (Å²) in [6, 6.07) is 8.08. The molecule has 0 aromatic heterocycles. The van der Waals surface area contributed by atoms with Gasteiger partial charge in [-0.3, -0.25) is 0 Å². The lowest BCUT2D eigenvalue weighted by Crippen LogP contribution is -2.45. The normalized spacial score (nSPS) is 23.2. The quantitative estimate of drug-likeness (QED) is 0.864. The number of para-hydroxylation sites is 2. The number of anilines is 1. The standard InChI is InChI=1S/C17H27N3O3S/c1-2-24(21,22)20-11-5-6-15(14-20)23-17-8-4-3-7-16(17)19-12-9-18-10-13-19/h3-4,7-8,15,18H,2,5-6,9-14H2,1H3. The highest BCUT2D eigenvalue weighted by Gasteiger charge is 2.29. The number of piperidine rings is 1. The Bertz CT molecular complexity index is 644. The maximum Gasteiger partial charge on any atom is 0.213 e. The number of hydrogen-bond acceptors (Lipinski definition) is 5. The minimum atomic E-state index is -3.14. The Hall–Kier alpha value is -1.31. The molecule has 0 amide bonds. The van der Waals surface area contributed by atoms with Crippen molar-refractivity contribution in [3.63, 3.8) is 0 Å².